The largest absolute Gasteiger partial charge is 0.387 e. The lowest BCUT2D eigenvalue weighted by Gasteiger charge is -2.27. The Morgan fingerprint density at radius 1 is 1.12 bits per heavy atom. The molecule has 1 aliphatic heterocycles. The Labute approximate surface area is 239 Å². The van der Waals surface area contributed by atoms with Gasteiger partial charge in [-0.1, -0.05) is 83.1 Å². The number of amides is 1. The van der Waals surface area contributed by atoms with Crippen LogP contribution in [0.4, 0.5) is 0 Å². The molecule has 2 atom stereocenters. The van der Waals surface area contributed by atoms with Crippen molar-refractivity contribution in [3.63, 3.8) is 0 Å². The monoisotopic (exact) mass is 540 g/mol. The highest BCUT2D eigenvalue weighted by molar-refractivity contribution is 5.81. The number of aliphatic imine (C=N–C) groups is 1. The third-order valence-electron chi connectivity index (χ3n) is 7.68. The Morgan fingerprint density at radius 2 is 1.75 bits per heavy atom. The van der Waals surface area contributed by atoms with E-state index < -0.39 is 5.41 Å². The van der Waals surface area contributed by atoms with Crippen molar-refractivity contribution in [3.05, 3.63) is 72.3 Å². The van der Waals surface area contributed by atoms with Crippen LogP contribution in [0.5, 0.6) is 0 Å². The highest BCUT2D eigenvalue weighted by Gasteiger charge is 2.26. The smallest absolute Gasteiger partial charge is 0.225 e. The van der Waals surface area contributed by atoms with Gasteiger partial charge < -0.3 is 15.6 Å². The number of benzene rings is 2. The number of hydrogen-bond donors (Lipinski definition) is 3. The fraction of sp³-hybridized carbons (Fsp3) is 0.424. The molecule has 1 aromatic heterocycles. The van der Waals surface area contributed by atoms with Crippen molar-refractivity contribution < 1.29 is 4.79 Å². The van der Waals surface area contributed by atoms with Gasteiger partial charge in [-0.3, -0.25) is 14.7 Å². The molecule has 4 rings (SSSR count). The lowest BCUT2D eigenvalue weighted by atomic mass is 9.94. The number of nitrogens with zero attached hydrogens (tertiary/aromatic N) is 3. The minimum absolute atomic E-state index is 0.0106. The van der Waals surface area contributed by atoms with Gasteiger partial charge in [-0.25, -0.2) is 4.98 Å². The van der Waals surface area contributed by atoms with Crippen LogP contribution in [-0.4, -0.2) is 53.7 Å². The van der Waals surface area contributed by atoms with Crippen molar-refractivity contribution in [1.29, 1.82) is 0 Å². The Hall–Kier alpha value is -3.71. The highest BCUT2D eigenvalue weighted by atomic mass is 16.2. The lowest BCUT2D eigenvalue weighted by molar-refractivity contribution is -0.129. The van der Waals surface area contributed by atoms with Gasteiger partial charge in [0.15, 0.2) is 0 Å². The molecule has 0 aliphatic carbocycles. The Kier molecular flexibility index (Phi) is 9.25. The van der Waals surface area contributed by atoms with Crippen LogP contribution >= 0.6 is 0 Å². The summed E-state index contributed by atoms with van der Waals surface area (Å²) >= 11 is 0. The van der Waals surface area contributed by atoms with Gasteiger partial charge in [-0.05, 0) is 50.2 Å². The quantitative estimate of drug-likeness (QED) is 0.264. The number of carbonyl (C=O) groups excluding carboxylic acids is 1. The molecular formula is C33H44N6O. The molecule has 1 fully saturated rings. The average molecular weight is 541 g/mol. The van der Waals surface area contributed by atoms with Gasteiger partial charge in [0.2, 0.25) is 5.91 Å². The zero-order valence-electron chi connectivity index (χ0n) is 24.8. The summed E-state index contributed by atoms with van der Waals surface area (Å²) in [6, 6.07) is 17.3. The van der Waals surface area contributed by atoms with E-state index in [1.54, 1.807) is 0 Å². The number of carbonyl (C=O) groups is 1. The van der Waals surface area contributed by atoms with Crippen LogP contribution in [0.2, 0.25) is 0 Å². The summed E-state index contributed by atoms with van der Waals surface area (Å²) in [7, 11) is 2.16. The number of nitrogens with one attached hydrogen (secondary N) is 3. The summed E-state index contributed by atoms with van der Waals surface area (Å²) < 4.78 is 0. The molecule has 212 valence electrons. The second kappa shape index (κ2) is 12.6. The molecule has 0 unspecified atom stereocenters. The molecule has 0 spiro atoms. The van der Waals surface area contributed by atoms with Gasteiger partial charge >= 0.3 is 0 Å². The maximum absolute atomic E-state index is 12.5. The normalized spacial score (nSPS) is 17.2. The first-order valence-corrected chi connectivity index (χ1v) is 14.2. The van der Waals surface area contributed by atoms with Gasteiger partial charge in [0.05, 0.1) is 17.4 Å². The number of aromatic nitrogens is 2. The van der Waals surface area contributed by atoms with Crippen LogP contribution < -0.4 is 10.6 Å². The van der Waals surface area contributed by atoms with Crippen molar-refractivity contribution in [2.45, 2.75) is 59.5 Å². The zero-order valence-corrected chi connectivity index (χ0v) is 24.8. The average Bonchev–Trinajstić information content (AvgIpc) is 3.59. The maximum Gasteiger partial charge on any atom is 0.225 e. The first-order chi connectivity index (χ1) is 19.1. The molecule has 1 amide bonds. The lowest BCUT2D eigenvalue weighted by Crippen LogP contribution is -2.48. The number of imidazole rings is 1. The van der Waals surface area contributed by atoms with E-state index in [9.17, 15) is 4.79 Å². The van der Waals surface area contributed by atoms with E-state index >= 15 is 0 Å². The first kappa shape index (κ1) is 29.3. The fourth-order valence-electron chi connectivity index (χ4n) is 4.92. The number of hydrogen-bond acceptors (Lipinski definition) is 5. The third-order valence-corrected chi connectivity index (χ3v) is 7.68. The molecule has 0 radical (unpaired) electrons. The highest BCUT2D eigenvalue weighted by Crippen LogP contribution is 2.31. The van der Waals surface area contributed by atoms with Gasteiger partial charge in [-0.2, -0.15) is 0 Å². The fourth-order valence-corrected chi connectivity index (χ4v) is 4.92. The minimum atomic E-state index is -0.423. The van der Waals surface area contributed by atoms with Crippen LogP contribution in [0.15, 0.2) is 65.9 Å². The molecule has 3 N–H and O–H groups in total. The van der Waals surface area contributed by atoms with Crippen LogP contribution in [0.1, 0.15) is 64.9 Å². The number of H-pyrrole nitrogens is 1. The predicted octanol–water partition coefficient (Wildman–Crippen LogP) is 6.29. The van der Waals surface area contributed by atoms with E-state index in [0.717, 1.165) is 52.4 Å². The topological polar surface area (TPSA) is 85.4 Å². The van der Waals surface area contributed by atoms with Crippen molar-refractivity contribution in [3.8, 4) is 22.4 Å². The Bertz CT molecular complexity index is 1310. The number of aromatic amines is 1. The third kappa shape index (κ3) is 7.07. The summed E-state index contributed by atoms with van der Waals surface area (Å²) in [5.41, 5.74) is 5.67. The molecule has 0 saturated carbocycles. The summed E-state index contributed by atoms with van der Waals surface area (Å²) in [4.78, 5) is 27.3. The number of likely N-dealkylation sites (tertiary alicyclic amines) is 1. The van der Waals surface area contributed by atoms with E-state index in [0.29, 0.717) is 18.5 Å². The molecule has 7 heteroatoms. The van der Waals surface area contributed by atoms with E-state index in [-0.39, 0.29) is 11.9 Å². The van der Waals surface area contributed by atoms with Crippen LogP contribution in [0.3, 0.4) is 0 Å². The van der Waals surface area contributed by atoms with Crippen molar-refractivity contribution in [2.24, 2.45) is 16.3 Å². The summed E-state index contributed by atoms with van der Waals surface area (Å²) in [5.74, 6) is 1.40. The number of rotatable bonds is 10. The predicted molar refractivity (Wildman–Crippen MR) is 166 cm³/mol. The molecule has 7 nitrogen and oxygen atoms in total. The van der Waals surface area contributed by atoms with Gasteiger partial charge in [0, 0.05) is 41.5 Å². The van der Waals surface area contributed by atoms with Crippen molar-refractivity contribution in [1.82, 2.24) is 25.5 Å². The standard InChI is InChI=1S/C33H44N6O/c1-22(2)27(38-32(40)33(3,4)5)19-35-20-28(34-6)25-14-10-23(11-15-25)24-12-16-26(17-13-24)29-21-36-31(37-29)30-9-8-18-39(30)7/h10-17,20-22,27,30,35H,6,8-9,18-19H2,1-5,7H3,(H,36,37)(H,38,40)/b28-20-/t27-,30+/m1/s1. The first-order valence-electron chi connectivity index (χ1n) is 14.2. The molecule has 3 aromatic rings. The molecule has 2 heterocycles. The Balaban J connectivity index is 1.39. The minimum Gasteiger partial charge on any atom is -0.387 e. The second-order valence-corrected chi connectivity index (χ2v) is 12.1. The van der Waals surface area contributed by atoms with Crippen LogP contribution in [-0.2, 0) is 4.79 Å². The van der Waals surface area contributed by atoms with E-state index in [1.807, 2.05) is 33.2 Å². The van der Waals surface area contributed by atoms with E-state index in [4.69, 9.17) is 4.98 Å². The van der Waals surface area contributed by atoms with E-state index in [2.05, 4.69) is 102 Å². The molecule has 1 aliphatic rings. The van der Waals surface area contributed by atoms with Crippen molar-refractivity contribution >= 4 is 18.3 Å². The van der Waals surface area contributed by atoms with Crippen LogP contribution in [0, 0.1) is 11.3 Å². The maximum atomic E-state index is 12.5. The zero-order chi connectivity index (χ0) is 28.9. The van der Waals surface area contributed by atoms with Crippen molar-refractivity contribution in [2.75, 3.05) is 20.1 Å². The van der Waals surface area contributed by atoms with Gasteiger partial charge in [-0.15, -0.1) is 0 Å². The SMILES string of the molecule is C=N/C(=C\NC[C@@H](NC(=O)C(C)(C)C)C(C)C)c1ccc(-c2ccc(-c3c[nH]c([C@@H]4CCCN4C)n3)cc2)cc1. The summed E-state index contributed by atoms with van der Waals surface area (Å²) in [6.45, 7) is 15.5. The molecule has 40 heavy (non-hydrogen) atoms. The van der Waals surface area contributed by atoms with Gasteiger partial charge in [0.1, 0.15) is 5.82 Å². The summed E-state index contributed by atoms with van der Waals surface area (Å²) in [6.07, 6.45) is 6.26. The van der Waals surface area contributed by atoms with Crippen LogP contribution in [0.25, 0.3) is 28.1 Å². The molecule has 1 saturated heterocycles. The van der Waals surface area contributed by atoms with E-state index in [1.165, 1.54) is 6.42 Å². The summed E-state index contributed by atoms with van der Waals surface area (Å²) in [5, 5.41) is 6.50. The Morgan fingerprint density at radius 3 is 2.30 bits per heavy atom. The molecule has 2 aromatic carbocycles. The molecule has 0 bridgehead atoms. The molecular weight excluding hydrogens is 496 g/mol. The second-order valence-electron chi connectivity index (χ2n) is 12.1. The van der Waals surface area contributed by atoms with Gasteiger partial charge in [0.25, 0.3) is 0 Å².